The Bertz CT molecular complexity index is 1060. The summed E-state index contributed by atoms with van der Waals surface area (Å²) in [7, 11) is 2.14. The van der Waals surface area contributed by atoms with Crippen molar-refractivity contribution < 1.29 is 9.53 Å². The molecule has 2 fully saturated rings. The van der Waals surface area contributed by atoms with Gasteiger partial charge in [-0.1, -0.05) is 23.2 Å². The molecule has 0 aliphatic carbocycles. The van der Waals surface area contributed by atoms with Gasteiger partial charge in [0.25, 0.3) is 0 Å². The number of hydrogen-bond acceptors (Lipinski definition) is 8. The first-order valence-electron chi connectivity index (χ1n) is 11.7. The van der Waals surface area contributed by atoms with Gasteiger partial charge in [0.1, 0.15) is 16.6 Å². The fourth-order valence-corrected chi connectivity index (χ4v) is 4.79. The zero-order valence-corrected chi connectivity index (χ0v) is 21.9. The number of carbonyl (C=O) groups excluding carboxylic acids is 1. The highest BCUT2D eigenvalue weighted by molar-refractivity contribution is 6.41. The van der Waals surface area contributed by atoms with Gasteiger partial charge in [-0.25, -0.2) is 9.78 Å². The van der Waals surface area contributed by atoms with Gasteiger partial charge in [-0.3, -0.25) is 0 Å². The number of anilines is 2. The maximum Gasteiger partial charge on any atom is 0.410 e. The molecule has 34 heavy (non-hydrogen) atoms. The maximum atomic E-state index is 12.6. The van der Waals surface area contributed by atoms with Crippen molar-refractivity contribution in [2.45, 2.75) is 58.2 Å². The summed E-state index contributed by atoms with van der Waals surface area (Å²) in [6, 6.07) is 2.21. The van der Waals surface area contributed by atoms with Crippen LogP contribution in [0.2, 0.25) is 10.2 Å². The third-order valence-electron chi connectivity index (χ3n) is 6.30. The number of hydrogen-bond donors (Lipinski definition) is 1. The van der Waals surface area contributed by atoms with Crippen molar-refractivity contribution in [3.8, 4) is 0 Å². The second-order valence-electron chi connectivity index (χ2n) is 10.1. The molecule has 0 radical (unpaired) electrons. The lowest BCUT2D eigenvalue weighted by Crippen LogP contribution is -2.55. The van der Waals surface area contributed by atoms with Crippen LogP contribution in [0.3, 0.4) is 0 Å². The Kier molecular flexibility index (Phi) is 7.26. The number of aromatic nitrogens is 3. The van der Waals surface area contributed by atoms with Crippen molar-refractivity contribution in [1.82, 2.24) is 24.8 Å². The van der Waals surface area contributed by atoms with E-state index in [9.17, 15) is 4.79 Å². The number of piperazine rings is 1. The molecule has 4 rings (SSSR count). The second kappa shape index (κ2) is 9.87. The Morgan fingerprint density at radius 3 is 2.62 bits per heavy atom. The van der Waals surface area contributed by atoms with Crippen molar-refractivity contribution in [2.75, 3.05) is 50.0 Å². The number of amides is 1. The molecular formula is C23H33Cl2N7O2. The Labute approximate surface area is 210 Å². The van der Waals surface area contributed by atoms with Crippen molar-refractivity contribution in [3.05, 3.63) is 16.2 Å². The molecule has 2 aliphatic rings. The standard InChI is InChI=1S/C23H33Cl2N7O2/c1-14-13-31(22(33)34-23(2,3)4)9-10-32(14)20-16-11-17(24)18(25)27-19(16)28-21(29-20)26-12-15-7-6-8-30(15)5/h11,14-15H,6-10,12-13H2,1-5H3,(H,26,27,28,29)/t14-,15-/m0/s1. The van der Waals surface area contributed by atoms with Gasteiger partial charge >= 0.3 is 6.09 Å². The predicted octanol–water partition coefficient (Wildman–Crippen LogP) is 4.28. The van der Waals surface area contributed by atoms with Crippen LogP contribution < -0.4 is 10.2 Å². The topological polar surface area (TPSA) is 86.7 Å². The number of carbonyl (C=O) groups is 1. The van der Waals surface area contributed by atoms with Crippen LogP contribution in [0.4, 0.5) is 16.6 Å². The molecule has 0 bridgehead atoms. The normalized spacial score (nSPS) is 21.9. The zero-order valence-electron chi connectivity index (χ0n) is 20.4. The van der Waals surface area contributed by atoms with Gasteiger partial charge in [0, 0.05) is 38.3 Å². The first kappa shape index (κ1) is 25.0. The highest BCUT2D eigenvalue weighted by atomic mass is 35.5. The number of fused-ring (bicyclic) bond motifs is 1. The lowest BCUT2D eigenvalue weighted by atomic mass is 10.1. The third kappa shape index (κ3) is 5.58. The number of likely N-dealkylation sites (tertiary alicyclic amines) is 1. The third-order valence-corrected chi connectivity index (χ3v) is 6.97. The number of likely N-dealkylation sites (N-methyl/N-ethyl adjacent to an activating group) is 1. The molecule has 1 N–H and O–H groups in total. The van der Waals surface area contributed by atoms with Crippen LogP contribution in [0.1, 0.15) is 40.5 Å². The molecular weight excluding hydrogens is 477 g/mol. The average Bonchev–Trinajstić information content (AvgIpc) is 3.16. The molecule has 4 heterocycles. The highest BCUT2D eigenvalue weighted by Gasteiger charge is 2.32. The molecule has 2 atom stereocenters. The Balaban J connectivity index is 1.60. The predicted molar refractivity (Wildman–Crippen MR) is 136 cm³/mol. The molecule has 2 saturated heterocycles. The number of rotatable bonds is 4. The van der Waals surface area contributed by atoms with Crippen LogP contribution in [0.5, 0.6) is 0 Å². The van der Waals surface area contributed by atoms with Gasteiger partial charge in [0.15, 0.2) is 5.65 Å². The van der Waals surface area contributed by atoms with Crippen LogP contribution in [-0.2, 0) is 4.74 Å². The first-order chi connectivity index (χ1) is 16.0. The molecule has 186 valence electrons. The van der Waals surface area contributed by atoms with E-state index >= 15 is 0 Å². The van der Waals surface area contributed by atoms with Crippen LogP contribution in [0, 0.1) is 0 Å². The minimum atomic E-state index is -0.532. The van der Waals surface area contributed by atoms with E-state index in [0.29, 0.717) is 42.3 Å². The number of nitrogens with zero attached hydrogens (tertiary/aromatic N) is 6. The SMILES string of the molecule is C[C@H]1CN(C(=O)OC(C)(C)C)CCN1c1nc(NC[C@@H]2CCCN2C)nc2nc(Cl)c(Cl)cc12. The van der Waals surface area contributed by atoms with Crippen molar-refractivity contribution in [1.29, 1.82) is 0 Å². The van der Waals surface area contributed by atoms with E-state index in [2.05, 4.69) is 39.1 Å². The largest absolute Gasteiger partial charge is 0.444 e. The molecule has 9 nitrogen and oxygen atoms in total. The summed E-state index contributed by atoms with van der Waals surface area (Å²) < 4.78 is 5.56. The van der Waals surface area contributed by atoms with Gasteiger partial charge in [-0.15, -0.1) is 0 Å². The van der Waals surface area contributed by atoms with Gasteiger partial charge in [-0.05, 0) is 60.2 Å². The van der Waals surface area contributed by atoms with Gasteiger partial charge in [0.05, 0.1) is 10.4 Å². The van der Waals surface area contributed by atoms with Crippen LogP contribution in [0.15, 0.2) is 6.07 Å². The number of pyridine rings is 1. The smallest absolute Gasteiger partial charge is 0.410 e. The van der Waals surface area contributed by atoms with E-state index in [1.165, 1.54) is 6.42 Å². The maximum absolute atomic E-state index is 12.6. The molecule has 2 aliphatic heterocycles. The summed E-state index contributed by atoms with van der Waals surface area (Å²) in [6.45, 7) is 11.2. The number of halogens is 2. The van der Waals surface area contributed by atoms with Crippen molar-refractivity contribution in [2.24, 2.45) is 0 Å². The summed E-state index contributed by atoms with van der Waals surface area (Å²) in [4.78, 5) is 32.8. The van der Waals surface area contributed by atoms with E-state index in [0.717, 1.165) is 30.7 Å². The van der Waals surface area contributed by atoms with Crippen LogP contribution >= 0.6 is 23.2 Å². The average molecular weight is 510 g/mol. The monoisotopic (exact) mass is 509 g/mol. The fourth-order valence-electron chi connectivity index (χ4n) is 4.50. The lowest BCUT2D eigenvalue weighted by Gasteiger charge is -2.41. The highest BCUT2D eigenvalue weighted by Crippen LogP contribution is 2.32. The molecule has 0 unspecified atom stereocenters. The molecule has 0 spiro atoms. The molecule has 2 aromatic heterocycles. The van der Waals surface area contributed by atoms with E-state index in [1.807, 2.05) is 20.8 Å². The van der Waals surface area contributed by atoms with E-state index in [4.69, 9.17) is 32.9 Å². The molecule has 11 heteroatoms. The molecule has 0 aromatic carbocycles. The van der Waals surface area contributed by atoms with Crippen LogP contribution in [0.25, 0.3) is 11.0 Å². The van der Waals surface area contributed by atoms with Gasteiger partial charge in [0.2, 0.25) is 5.95 Å². The zero-order chi connectivity index (χ0) is 24.6. The fraction of sp³-hybridized carbons (Fsp3) is 0.652. The van der Waals surface area contributed by atoms with E-state index < -0.39 is 5.60 Å². The van der Waals surface area contributed by atoms with Crippen molar-refractivity contribution >= 4 is 52.1 Å². The van der Waals surface area contributed by atoms with E-state index in [-0.39, 0.29) is 17.3 Å². The summed E-state index contributed by atoms with van der Waals surface area (Å²) in [5.74, 6) is 1.24. The molecule has 2 aromatic rings. The number of nitrogens with one attached hydrogen (secondary N) is 1. The minimum Gasteiger partial charge on any atom is -0.444 e. The Morgan fingerprint density at radius 1 is 1.21 bits per heavy atom. The summed E-state index contributed by atoms with van der Waals surface area (Å²) in [6.07, 6.45) is 2.04. The van der Waals surface area contributed by atoms with Crippen LogP contribution in [-0.4, -0.2) is 88.3 Å². The lowest BCUT2D eigenvalue weighted by molar-refractivity contribution is 0.0218. The second-order valence-corrected chi connectivity index (χ2v) is 10.9. The summed E-state index contributed by atoms with van der Waals surface area (Å²) in [5.41, 5.74) is -0.0425. The first-order valence-corrected chi connectivity index (χ1v) is 12.5. The summed E-state index contributed by atoms with van der Waals surface area (Å²) in [5, 5.41) is 4.70. The summed E-state index contributed by atoms with van der Waals surface area (Å²) >= 11 is 12.5. The van der Waals surface area contributed by atoms with Gasteiger partial charge in [-0.2, -0.15) is 9.97 Å². The Hall–Kier alpha value is -2.10. The number of ether oxygens (including phenoxy) is 1. The molecule has 1 amide bonds. The van der Waals surface area contributed by atoms with Gasteiger partial charge < -0.3 is 24.8 Å². The van der Waals surface area contributed by atoms with E-state index in [1.54, 1.807) is 11.0 Å². The minimum absolute atomic E-state index is 0.00244. The molecule has 0 saturated carbocycles. The van der Waals surface area contributed by atoms with Crippen molar-refractivity contribution in [3.63, 3.8) is 0 Å². The quantitative estimate of drug-likeness (QED) is 0.610. The Morgan fingerprint density at radius 2 is 1.97 bits per heavy atom.